The van der Waals surface area contributed by atoms with Gasteiger partial charge in [0.15, 0.2) is 0 Å². The minimum absolute atomic E-state index is 0.0314. The van der Waals surface area contributed by atoms with Gasteiger partial charge < -0.3 is 9.64 Å². The van der Waals surface area contributed by atoms with Crippen molar-refractivity contribution in [1.82, 2.24) is 4.90 Å². The van der Waals surface area contributed by atoms with Crippen LogP contribution < -0.4 is 0 Å². The van der Waals surface area contributed by atoms with Gasteiger partial charge in [0.1, 0.15) is 0 Å². The summed E-state index contributed by atoms with van der Waals surface area (Å²) in [5, 5.41) is 0.591. The van der Waals surface area contributed by atoms with Gasteiger partial charge in [0, 0.05) is 21.7 Å². The molecule has 1 aromatic rings. The predicted molar refractivity (Wildman–Crippen MR) is 80.1 cm³/mol. The van der Waals surface area contributed by atoms with Gasteiger partial charge in [-0.2, -0.15) is 0 Å². The van der Waals surface area contributed by atoms with Crippen molar-refractivity contribution in [2.45, 2.75) is 26.1 Å². The smallest absolute Gasteiger partial charge is 0.255 e. The number of benzene rings is 1. The molecule has 2 unspecified atom stereocenters. The Balaban J connectivity index is 2.22. The summed E-state index contributed by atoms with van der Waals surface area (Å²) < 4.78 is 6.56. The number of carbonyl (C=O) groups is 1. The van der Waals surface area contributed by atoms with E-state index in [0.717, 1.165) is 3.57 Å². The van der Waals surface area contributed by atoms with E-state index >= 15 is 0 Å². The van der Waals surface area contributed by atoms with Crippen LogP contribution >= 0.6 is 34.2 Å². The van der Waals surface area contributed by atoms with E-state index in [1.165, 1.54) is 0 Å². The van der Waals surface area contributed by atoms with Crippen molar-refractivity contribution in [3.8, 4) is 0 Å². The molecule has 0 saturated carbocycles. The second kappa shape index (κ2) is 5.75. The van der Waals surface area contributed by atoms with E-state index in [4.69, 9.17) is 16.3 Å². The molecule has 1 saturated heterocycles. The molecule has 1 aliphatic heterocycles. The number of amides is 1. The molecule has 0 aliphatic carbocycles. The number of morpholine rings is 1. The first-order valence-electron chi connectivity index (χ1n) is 5.87. The molecule has 0 radical (unpaired) electrons. The van der Waals surface area contributed by atoms with Crippen LogP contribution in [0, 0.1) is 3.57 Å². The van der Waals surface area contributed by atoms with Crippen LogP contribution in [0.15, 0.2) is 18.2 Å². The Labute approximate surface area is 126 Å². The number of nitrogens with zero attached hydrogens (tertiary/aromatic N) is 1. The minimum atomic E-state index is 0.0314. The van der Waals surface area contributed by atoms with Crippen molar-refractivity contribution < 1.29 is 9.53 Å². The van der Waals surface area contributed by atoms with Crippen LogP contribution in [-0.2, 0) is 4.74 Å². The molecule has 2 atom stereocenters. The van der Waals surface area contributed by atoms with E-state index in [-0.39, 0.29) is 18.1 Å². The number of rotatable bonds is 1. The molecule has 1 heterocycles. The Morgan fingerprint density at radius 3 is 2.61 bits per heavy atom. The SMILES string of the molecule is CC1CN(C(=O)c2cc(Cl)ccc2I)CC(C)O1. The van der Waals surface area contributed by atoms with Crippen molar-refractivity contribution in [1.29, 1.82) is 0 Å². The summed E-state index contributed by atoms with van der Waals surface area (Å²) in [6.07, 6.45) is 0.157. The maximum absolute atomic E-state index is 12.5. The van der Waals surface area contributed by atoms with Crippen molar-refractivity contribution in [2.75, 3.05) is 13.1 Å². The summed E-state index contributed by atoms with van der Waals surface area (Å²) >= 11 is 8.12. The normalized spacial score (nSPS) is 24.1. The first-order valence-corrected chi connectivity index (χ1v) is 7.33. The van der Waals surface area contributed by atoms with Gasteiger partial charge in [0.2, 0.25) is 0 Å². The van der Waals surface area contributed by atoms with Gasteiger partial charge in [-0.3, -0.25) is 4.79 Å². The van der Waals surface area contributed by atoms with E-state index in [2.05, 4.69) is 22.6 Å². The van der Waals surface area contributed by atoms with Crippen molar-refractivity contribution >= 4 is 40.1 Å². The third kappa shape index (κ3) is 3.16. The van der Waals surface area contributed by atoms with Gasteiger partial charge >= 0.3 is 0 Å². The minimum Gasteiger partial charge on any atom is -0.372 e. The number of halogens is 2. The zero-order valence-corrected chi connectivity index (χ0v) is 13.2. The van der Waals surface area contributed by atoms with E-state index in [1.807, 2.05) is 24.8 Å². The molecule has 3 nitrogen and oxygen atoms in total. The molecule has 0 spiro atoms. The van der Waals surface area contributed by atoms with Crippen LogP contribution in [-0.4, -0.2) is 36.1 Å². The molecule has 2 rings (SSSR count). The fraction of sp³-hybridized carbons (Fsp3) is 0.462. The van der Waals surface area contributed by atoms with Crippen LogP contribution in [0.2, 0.25) is 5.02 Å². The lowest BCUT2D eigenvalue weighted by molar-refractivity contribution is -0.0586. The largest absolute Gasteiger partial charge is 0.372 e. The molecule has 0 bridgehead atoms. The fourth-order valence-electron chi connectivity index (χ4n) is 2.18. The summed E-state index contributed by atoms with van der Waals surface area (Å²) in [4.78, 5) is 14.3. The van der Waals surface area contributed by atoms with Crippen LogP contribution in [0.25, 0.3) is 0 Å². The molecule has 1 aliphatic rings. The molecule has 5 heteroatoms. The lowest BCUT2D eigenvalue weighted by Crippen LogP contribution is -2.48. The van der Waals surface area contributed by atoms with Crippen LogP contribution in [0.5, 0.6) is 0 Å². The van der Waals surface area contributed by atoms with Gasteiger partial charge in [-0.1, -0.05) is 11.6 Å². The highest BCUT2D eigenvalue weighted by Gasteiger charge is 2.27. The number of hydrogen-bond donors (Lipinski definition) is 0. The second-order valence-electron chi connectivity index (χ2n) is 4.59. The Morgan fingerprint density at radius 1 is 1.39 bits per heavy atom. The third-order valence-electron chi connectivity index (χ3n) is 2.87. The lowest BCUT2D eigenvalue weighted by atomic mass is 10.1. The molecule has 1 fully saturated rings. The van der Waals surface area contributed by atoms with Gasteiger partial charge in [-0.05, 0) is 54.6 Å². The number of hydrogen-bond acceptors (Lipinski definition) is 2. The second-order valence-corrected chi connectivity index (χ2v) is 6.19. The molecule has 1 amide bonds. The maximum Gasteiger partial charge on any atom is 0.255 e. The molecular formula is C13H15ClINO2. The van der Waals surface area contributed by atoms with Gasteiger partial charge in [-0.25, -0.2) is 0 Å². The average Bonchev–Trinajstić information content (AvgIpc) is 2.30. The highest BCUT2D eigenvalue weighted by Crippen LogP contribution is 2.21. The average molecular weight is 380 g/mol. The highest BCUT2D eigenvalue weighted by molar-refractivity contribution is 14.1. The van der Waals surface area contributed by atoms with E-state index in [9.17, 15) is 4.79 Å². The van der Waals surface area contributed by atoms with E-state index in [1.54, 1.807) is 12.1 Å². The Bertz CT molecular complexity index is 456. The zero-order chi connectivity index (χ0) is 13.3. The number of ether oxygens (including phenoxy) is 1. The quantitative estimate of drug-likeness (QED) is 0.701. The molecular weight excluding hydrogens is 365 g/mol. The molecule has 1 aromatic carbocycles. The lowest BCUT2D eigenvalue weighted by Gasteiger charge is -2.35. The van der Waals surface area contributed by atoms with Crippen LogP contribution in [0.1, 0.15) is 24.2 Å². The van der Waals surface area contributed by atoms with Crippen LogP contribution in [0.3, 0.4) is 0 Å². The standard InChI is InChI=1S/C13H15ClINO2/c1-8-6-16(7-9(2)18-8)13(17)11-5-10(14)3-4-12(11)15/h3-5,8-9H,6-7H2,1-2H3. The summed E-state index contributed by atoms with van der Waals surface area (Å²) in [5.41, 5.74) is 0.671. The summed E-state index contributed by atoms with van der Waals surface area (Å²) in [7, 11) is 0. The van der Waals surface area contributed by atoms with Gasteiger partial charge in [0.25, 0.3) is 5.91 Å². The monoisotopic (exact) mass is 379 g/mol. The molecule has 18 heavy (non-hydrogen) atoms. The highest BCUT2D eigenvalue weighted by atomic mass is 127. The van der Waals surface area contributed by atoms with Gasteiger partial charge in [0.05, 0.1) is 17.8 Å². The van der Waals surface area contributed by atoms with Crippen molar-refractivity contribution in [3.63, 3.8) is 0 Å². The number of carbonyl (C=O) groups excluding carboxylic acids is 1. The Kier molecular flexibility index (Phi) is 4.50. The van der Waals surface area contributed by atoms with Crippen LogP contribution in [0.4, 0.5) is 0 Å². The van der Waals surface area contributed by atoms with E-state index < -0.39 is 0 Å². The third-order valence-corrected chi connectivity index (χ3v) is 4.04. The maximum atomic E-state index is 12.5. The van der Waals surface area contributed by atoms with Gasteiger partial charge in [-0.15, -0.1) is 0 Å². The van der Waals surface area contributed by atoms with E-state index in [0.29, 0.717) is 23.7 Å². The Morgan fingerprint density at radius 2 is 2.00 bits per heavy atom. The molecule has 0 aromatic heterocycles. The summed E-state index contributed by atoms with van der Waals surface area (Å²) in [5.74, 6) is 0.0314. The van der Waals surface area contributed by atoms with Crippen molar-refractivity contribution in [2.24, 2.45) is 0 Å². The first kappa shape index (κ1) is 14.1. The fourth-order valence-corrected chi connectivity index (χ4v) is 2.91. The zero-order valence-electron chi connectivity index (χ0n) is 10.3. The van der Waals surface area contributed by atoms with Crippen molar-refractivity contribution in [3.05, 3.63) is 32.4 Å². The molecule has 0 N–H and O–H groups in total. The summed E-state index contributed by atoms with van der Waals surface area (Å²) in [6, 6.07) is 5.39. The topological polar surface area (TPSA) is 29.5 Å². The molecule has 98 valence electrons. The first-order chi connectivity index (χ1) is 8.47. The predicted octanol–water partition coefficient (Wildman–Crippen LogP) is 3.19. The summed E-state index contributed by atoms with van der Waals surface area (Å²) in [6.45, 7) is 5.23. The Hall–Kier alpha value is -0.330.